The zero-order chi connectivity index (χ0) is 16.2. The molecule has 0 amide bonds. The Hall–Kier alpha value is -2.92. The number of imidazole rings is 1. The van der Waals surface area contributed by atoms with Crippen LogP contribution in [0.25, 0.3) is 17.8 Å². The number of hydrogen-bond acceptors (Lipinski definition) is 6. The van der Waals surface area contributed by atoms with Crippen molar-refractivity contribution in [2.45, 2.75) is 5.88 Å². The van der Waals surface area contributed by atoms with Crippen LogP contribution in [0.1, 0.15) is 16.8 Å². The van der Waals surface area contributed by atoms with Crippen molar-refractivity contribution in [3.8, 4) is 6.07 Å². The van der Waals surface area contributed by atoms with E-state index < -0.39 is 0 Å². The lowest BCUT2D eigenvalue weighted by Crippen LogP contribution is -2.28. The van der Waals surface area contributed by atoms with Gasteiger partial charge in [0.05, 0.1) is 17.5 Å². The lowest BCUT2D eigenvalue weighted by Gasteiger charge is -2.00. The predicted molar refractivity (Wildman–Crippen MR) is 88.6 cm³/mol. The number of nitrogens with zero attached hydrogens (tertiary/aromatic N) is 6. The smallest absolute Gasteiger partial charge is 0.245 e. The van der Waals surface area contributed by atoms with Crippen molar-refractivity contribution in [2.24, 2.45) is 0 Å². The van der Waals surface area contributed by atoms with Crippen molar-refractivity contribution < 1.29 is 0 Å². The summed E-state index contributed by atoms with van der Waals surface area (Å²) in [6.07, 6.45) is 6.95. The molecule has 0 saturated heterocycles. The number of nitriles is 1. The number of hydrogen-bond donors (Lipinski definition) is 0. The van der Waals surface area contributed by atoms with Crippen LogP contribution in [0, 0.1) is 11.3 Å². The SMILES string of the molecule is CSCn1nnc2c(C=Cc3ccc(C#N)cc3)ncn2c1=O. The Morgan fingerprint density at radius 3 is 2.78 bits per heavy atom. The molecule has 0 aliphatic rings. The second-order valence-electron chi connectivity index (χ2n) is 4.68. The fourth-order valence-electron chi connectivity index (χ4n) is 2.02. The average Bonchev–Trinajstić information content (AvgIpc) is 3.00. The molecule has 114 valence electrons. The van der Waals surface area contributed by atoms with Gasteiger partial charge in [-0.2, -0.15) is 9.94 Å². The molecular formula is C15H12N6OS. The van der Waals surface area contributed by atoms with Gasteiger partial charge >= 0.3 is 5.69 Å². The number of benzene rings is 1. The van der Waals surface area contributed by atoms with E-state index in [1.807, 2.05) is 24.5 Å². The van der Waals surface area contributed by atoms with E-state index in [4.69, 9.17) is 5.26 Å². The minimum absolute atomic E-state index is 0.269. The molecule has 2 heterocycles. The number of fused-ring (bicyclic) bond motifs is 1. The first-order valence-corrected chi connectivity index (χ1v) is 8.10. The normalized spacial score (nSPS) is 11.1. The topological polar surface area (TPSA) is 88.9 Å². The second kappa shape index (κ2) is 6.46. The molecule has 3 aromatic rings. The second-order valence-corrected chi connectivity index (χ2v) is 5.52. The Bertz CT molecular complexity index is 964. The van der Waals surface area contributed by atoms with Gasteiger partial charge in [-0.3, -0.25) is 0 Å². The number of thioether (sulfide) groups is 1. The van der Waals surface area contributed by atoms with Crippen LogP contribution in [0.4, 0.5) is 0 Å². The van der Waals surface area contributed by atoms with E-state index in [1.54, 1.807) is 18.2 Å². The molecule has 1 aromatic carbocycles. The lowest BCUT2D eigenvalue weighted by molar-refractivity contribution is 0.598. The highest BCUT2D eigenvalue weighted by Crippen LogP contribution is 2.10. The van der Waals surface area contributed by atoms with Gasteiger partial charge in [-0.1, -0.05) is 23.4 Å². The average molecular weight is 324 g/mol. The van der Waals surface area contributed by atoms with Crippen molar-refractivity contribution >= 4 is 29.6 Å². The van der Waals surface area contributed by atoms with E-state index in [0.717, 1.165) is 5.56 Å². The lowest BCUT2D eigenvalue weighted by atomic mass is 10.1. The molecule has 0 unspecified atom stereocenters. The zero-order valence-corrected chi connectivity index (χ0v) is 13.1. The molecule has 8 heteroatoms. The van der Waals surface area contributed by atoms with Crippen LogP contribution < -0.4 is 5.69 Å². The summed E-state index contributed by atoms with van der Waals surface area (Å²) in [7, 11) is 0. The van der Waals surface area contributed by atoms with E-state index in [0.29, 0.717) is 22.8 Å². The van der Waals surface area contributed by atoms with E-state index in [2.05, 4.69) is 21.4 Å². The van der Waals surface area contributed by atoms with E-state index in [-0.39, 0.29) is 5.69 Å². The van der Waals surface area contributed by atoms with Gasteiger partial charge in [-0.15, -0.1) is 16.9 Å². The van der Waals surface area contributed by atoms with Crippen LogP contribution in [0.2, 0.25) is 0 Å². The molecule has 0 radical (unpaired) electrons. The summed E-state index contributed by atoms with van der Waals surface area (Å²) in [6.45, 7) is 0. The molecule has 23 heavy (non-hydrogen) atoms. The molecule has 0 aliphatic heterocycles. The molecular weight excluding hydrogens is 312 g/mol. The summed E-state index contributed by atoms with van der Waals surface area (Å²) < 4.78 is 2.66. The first kappa shape index (κ1) is 15.0. The highest BCUT2D eigenvalue weighted by Gasteiger charge is 2.08. The van der Waals surface area contributed by atoms with Crippen LogP contribution in [-0.4, -0.2) is 30.6 Å². The Kier molecular flexibility index (Phi) is 4.21. The Morgan fingerprint density at radius 2 is 2.09 bits per heavy atom. The highest BCUT2D eigenvalue weighted by molar-refractivity contribution is 7.97. The number of aromatic nitrogens is 5. The maximum Gasteiger partial charge on any atom is 0.353 e. The van der Waals surface area contributed by atoms with E-state index in [1.165, 1.54) is 27.2 Å². The van der Waals surface area contributed by atoms with Gasteiger partial charge in [0.15, 0.2) is 5.65 Å². The third-order valence-electron chi connectivity index (χ3n) is 3.17. The molecule has 0 bridgehead atoms. The Morgan fingerprint density at radius 1 is 1.30 bits per heavy atom. The molecule has 7 nitrogen and oxygen atoms in total. The maximum absolute atomic E-state index is 12.2. The van der Waals surface area contributed by atoms with Gasteiger partial charge in [-0.05, 0) is 30.0 Å². The minimum atomic E-state index is -0.269. The van der Waals surface area contributed by atoms with Crippen molar-refractivity contribution in [2.75, 3.05) is 6.26 Å². The first-order chi connectivity index (χ1) is 11.2. The molecule has 2 aromatic heterocycles. The van der Waals surface area contributed by atoms with Gasteiger partial charge in [0.2, 0.25) is 0 Å². The standard InChI is InChI=1S/C15H12N6OS/c1-23-10-21-15(22)20-9-17-13(14(20)18-19-21)7-6-11-2-4-12(8-16)5-3-11/h2-7,9H,10H2,1H3. The summed E-state index contributed by atoms with van der Waals surface area (Å²) in [5, 5.41) is 16.8. The van der Waals surface area contributed by atoms with Crippen LogP contribution >= 0.6 is 11.8 Å². The maximum atomic E-state index is 12.2. The van der Waals surface area contributed by atoms with Crippen molar-refractivity contribution in [1.82, 2.24) is 24.4 Å². The summed E-state index contributed by atoms with van der Waals surface area (Å²) in [5.41, 5.74) is 2.24. The third-order valence-corrected chi connectivity index (χ3v) is 3.67. The number of rotatable bonds is 4. The van der Waals surface area contributed by atoms with Gasteiger partial charge < -0.3 is 0 Å². The fourth-order valence-corrected chi connectivity index (χ4v) is 2.43. The Balaban J connectivity index is 1.94. The van der Waals surface area contributed by atoms with Crippen molar-refractivity contribution in [3.63, 3.8) is 0 Å². The molecule has 0 spiro atoms. The minimum Gasteiger partial charge on any atom is -0.245 e. The van der Waals surface area contributed by atoms with Gasteiger partial charge in [-0.25, -0.2) is 14.2 Å². The molecule has 0 N–H and O–H groups in total. The summed E-state index contributed by atoms with van der Waals surface area (Å²) in [5.74, 6) is 0.441. The van der Waals surface area contributed by atoms with Crippen LogP contribution in [0.5, 0.6) is 0 Å². The molecule has 0 saturated carbocycles. The van der Waals surface area contributed by atoms with Crippen LogP contribution in [-0.2, 0) is 5.88 Å². The Labute approximate surface area is 135 Å². The molecule has 0 fully saturated rings. The highest BCUT2D eigenvalue weighted by atomic mass is 32.2. The molecule has 0 aliphatic carbocycles. The predicted octanol–water partition coefficient (Wildman–Crippen LogP) is 1.65. The largest absolute Gasteiger partial charge is 0.353 e. The summed E-state index contributed by atoms with van der Waals surface area (Å²) in [4.78, 5) is 16.4. The van der Waals surface area contributed by atoms with Crippen LogP contribution in [0.3, 0.4) is 0 Å². The van der Waals surface area contributed by atoms with E-state index in [9.17, 15) is 4.79 Å². The van der Waals surface area contributed by atoms with Crippen molar-refractivity contribution in [1.29, 1.82) is 5.26 Å². The van der Waals surface area contributed by atoms with E-state index >= 15 is 0 Å². The van der Waals surface area contributed by atoms with Crippen LogP contribution in [0.15, 0.2) is 35.4 Å². The summed E-state index contributed by atoms with van der Waals surface area (Å²) >= 11 is 1.48. The van der Waals surface area contributed by atoms with Gasteiger partial charge in [0.1, 0.15) is 12.0 Å². The first-order valence-electron chi connectivity index (χ1n) is 6.71. The molecule has 0 atom stereocenters. The quantitative estimate of drug-likeness (QED) is 0.725. The zero-order valence-electron chi connectivity index (χ0n) is 12.2. The third kappa shape index (κ3) is 3.00. The summed E-state index contributed by atoms with van der Waals surface area (Å²) in [6, 6.07) is 9.23. The molecule has 3 rings (SSSR count). The van der Waals surface area contributed by atoms with Crippen molar-refractivity contribution in [3.05, 3.63) is 57.9 Å². The fraction of sp³-hybridized carbons (Fsp3) is 0.133. The van der Waals surface area contributed by atoms with Gasteiger partial charge in [0.25, 0.3) is 0 Å². The monoisotopic (exact) mass is 324 g/mol. The van der Waals surface area contributed by atoms with Gasteiger partial charge in [0, 0.05) is 0 Å².